The number of rotatable bonds is 1. The van der Waals surface area contributed by atoms with Crippen LogP contribution in [-0.2, 0) is 0 Å². The van der Waals surface area contributed by atoms with Crippen molar-refractivity contribution in [2.45, 2.75) is 24.8 Å². The lowest BCUT2D eigenvalue weighted by atomic mass is 9.50. The van der Waals surface area contributed by atoms with E-state index < -0.39 is 0 Å². The summed E-state index contributed by atoms with van der Waals surface area (Å²) in [7, 11) is 0. The van der Waals surface area contributed by atoms with Crippen LogP contribution in [0.15, 0.2) is 18.7 Å². The van der Waals surface area contributed by atoms with Crippen LogP contribution >= 0.6 is 0 Å². The standard InChI is InChI=1S/C9H11N3O/c13-8(12-2-1-10-6-12)11-9-3-7(4-9)5-9/h1-2,6-7H,3-5H2,(H,11,13). The van der Waals surface area contributed by atoms with Crippen LogP contribution in [0.4, 0.5) is 4.79 Å². The Morgan fingerprint density at radius 3 is 2.77 bits per heavy atom. The number of nitrogens with one attached hydrogen (secondary N) is 1. The molecule has 1 heterocycles. The maximum absolute atomic E-state index is 11.6. The Balaban J connectivity index is 1.70. The second-order valence-electron chi connectivity index (χ2n) is 4.16. The molecule has 2 bridgehead atoms. The molecule has 0 unspecified atom stereocenters. The Bertz CT molecular complexity index is 327. The van der Waals surface area contributed by atoms with Gasteiger partial charge in [0, 0.05) is 17.9 Å². The number of aromatic nitrogens is 2. The van der Waals surface area contributed by atoms with E-state index in [0.717, 1.165) is 5.92 Å². The van der Waals surface area contributed by atoms with E-state index in [1.165, 1.54) is 30.2 Å². The highest BCUT2D eigenvalue weighted by atomic mass is 16.2. The smallest absolute Gasteiger partial charge is 0.327 e. The van der Waals surface area contributed by atoms with Crippen LogP contribution in [0.25, 0.3) is 0 Å². The van der Waals surface area contributed by atoms with Gasteiger partial charge < -0.3 is 5.32 Å². The van der Waals surface area contributed by atoms with E-state index in [2.05, 4.69) is 10.3 Å². The van der Waals surface area contributed by atoms with Crippen molar-refractivity contribution in [2.24, 2.45) is 5.92 Å². The summed E-state index contributed by atoms with van der Waals surface area (Å²) in [6, 6.07) is -0.0457. The third kappa shape index (κ3) is 0.913. The first-order valence-corrected chi connectivity index (χ1v) is 4.58. The summed E-state index contributed by atoms with van der Waals surface area (Å²) in [6.07, 6.45) is 8.33. The molecule has 3 fully saturated rings. The van der Waals surface area contributed by atoms with Gasteiger partial charge in [0.25, 0.3) is 0 Å². The highest BCUT2D eigenvalue weighted by Gasteiger charge is 2.57. The van der Waals surface area contributed by atoms with Crippen LogP contribution in [0.2, 0.25) is 0 Å². The minimum atomic E-state index is -0.0457. The fraction of sp³-hybridized carbons (Fsp3) is 0.556. The van der Waals surface area contributed by atoms with E-state index in [4.69, 9.17) is 0 Å². The fourth-order valence-electron chi connectivity index (χ4n) is 2.30. The zero-order chi connectivity index (χ0) is 8.89. The number of hydrogen-bond donors (Lipinski definition) is 1. The average Bonchev–Trinajstić information content (AvgIpc) is 2.45. The number of carbonyl (C=O) groups is 1. The van der Waals surface area contributed by atoms with Crippen molar-refractivity contribution in [3.8, 4) is 0 Å². The normalized spacial score (nSPS) is 34.6. The maximum atomic E-state index is 11.6. The first-order valence-electron chi connectivity index (χ1n) is 4.58. The molecular formula is C9H11N3O. The Morgan fingerprint density at radius 1 is 1.54 bits per heavy atom. The number of imidazole rings is 1. The molecule has 1 N–H and O–H groups in total. The SMILES string of the molecule is O=C(NC12CC(C1)C2)n1ccnc1. The Labute approximate surface area is 76.0 Å². The third-order valence-electron chi connectivity index (χ3n) is 3.15. The monoisotopic (exact) mass is 177 g/mol. The number of amides is 1. The van der Waals surface area contributed by atoms with E-state index in [1.807, 2.05) is 0 Å². The third-order valence-corrected chi connectivity index (χ3v) is 3.15. The molecule has 0 saturated heterocycles. The molecule has 3 saturated carbocycles. The molecule has 13 heavy (non-hydrogen) atoms. The van der Waals surface area contributed by atoms with E-state index in [-0.39, 0.29) is 11.6 Å². The molecule has 0 spiro atoms. The molecule has 1 aromatic heterocycles. The first kappa shape index (κ1) is 7.12. The van der Waals surface area contributed by atoms with Crippen LogP contribution in [0.3, 0.4) is 0 Å². The van der Waals surface area contributed by atoms with Crippen LogP contribution < -0.4 is 5.32 Å². The molecule has 3 aliphatic carbocycles. The molecular weight excluding hydrogens is 166 g/mol. The highest BCUT2D eigenvalue weighted by molar-refractivity contribution is 5.77. The minimum absolute atomic E-state index is 0.0457. The molecule has 4 nitrogen and oxygen atoms in total. The minimum Gasteiger partial charge on any atom is -0.332 e. The average molecular weight is 177 g/mol. The van der Waals surface area contributed by atoms with Crippen LogP contribution in [0.5, 0.6) is 0 Å². The molecule has 3 aliphatic rings. The Kier molecular flexibility index (Phi) is 1.17. The van der Waals surface area contributed by atoms with Gasteiger partial charge in [-0.3, -0.25) is 4.57 Å². The molecule has 0 radical (unpaired) electrons. The van der Waals surface area contributed by atoms with E-state index >= 15 is 0 Å². The summed E-state index contributed by atoms with van der Waals surface area (Å²) in [5.74, 6) is 0.892. The van der Waals surface area contributed by atoms with E-state index in [1.54, 1.807) is 12.4 Å². The Hall–Kier alpha value is -1.32. The molecule has 1 aromatic rings. The van der Waals surface area contributed by atoms with Gasteiger partial charge in [-0.1, -0.05) is 0 Å². The molecule has 0 atom stereocenters. The molecule has 0 aliphatic heterocycles. The van der Waals surface area contributed by atoms with Gasteiger partial charge >= 0.3 is 6.03 Å². The van der Waals surface area contributed by atoms with Gasteiger partial charge in [0.15, 0.2) is 0 Å². The fourth-order valence-corrected chi connectivity index (χ4v) is 2.30. The van der Waals surface area contributed by atoms with Crippen molar-refractivity contribution in [3.63, 3.8) is 0 Å². The van der Waals surface area contributed by atoms with Crippen molar-refractivity contribution in [3.05, 3.63) is 18.7 Å². The molecule has 1 amide bonds. The summed E-state index contributed by atoms with van der Waals surface area (Å²) in [5.41, 5.74) is 0.159. The number of carbonyl (C=O) groups excluding carboxylic acids is 1. The van der Waals surface area contributed by atoms with Gasteiger partial charge in [-0.05, 0) is 25.2 Å². The quantitative estimate of drug-likeness (QED) is 0.695. The lowest BCUT2D eigenvalue weighted by Crippen LogP contribution is -2.68. The molecule has 0 aromatic carbocycles. The van der Waals surface area contributed by atoms with Crippen LogP contribution in [-0.4, -0.2) is 21.1 Å². The topological polar surface area (TPSA) is 46.9 Å². The zero-order valence-electron chi connectivity index (χ0n) is 7.23. The second-order valence-corrected chi connectivity index (χ2v) is 4.16. The predicted octanol–water partition coefficient (Wildman–Crippen LogP) is 0.993. The molecule has 4 rings (SSSR count). The predicted molar refractivity (Wildman–Crippen MR) is 46.2 cm³/mol. The van der Waals surface area contributed by atoms with Crippen molar-refractivity contribution < 1.29 is 4.79 Å². The number of nitrogens with zero attached hydrogens (tertiary/aromatic N) is 2. The number of hydrogen-bond acceptors (Lipinski definition) is 2. The van der Waals surface area contributed by atoms with Gasteiger partial charge in [0.2, 0.25) is 0 Å². The molecule has 68 valence electrons. The van der Waals surface area contributed by atoms with Crippen molar-refractivity contribution in [2.75, 3.05) is 0 Å². The summed E-state index contributed by atoms with van der Waals surface area (Å²) in [6.45, 7) is 0. The highest BCUT2D eigenvalue weighted by Crippen LogP contribution is 2.56. The second kappa shape index (κ2) is 2.13. The van der Waals surface area contributed by atoms with E-state index in [0.29, 0.717) is 0 Å². The molecule has 4 heteroatoms. The first-order chi connectivity index (χ1) is 6.27. The largest absolute Gasteiger partial charge is 0.332 e. The Morgan fingerprint density at radius 2 is 2.31 bits per heavy atom. The summed E-state index contributed by atoms with van der Waals surface area (Å²) >= 11 is 0. The lowest BCUT2D eigenvalue weighted by molar-refractivity contribution is -0.0401. The van der Waals surface area contributed by atoms with E-state index in [9.17, 15) is 4.79 Å². The van der Waals surface area contributed by atoms with Crippen molar-refractivity contribution in [1.82, 2.24) is 14.9 Å². The van der Waals surface area contributed by atoms with Gasteiger partial charge in [0.1, 0.15) is 6.33 Å². The maximum Gasteiger partial charge on any atom is 0.327 e. The van der Waals surface area contributed by atoms with Crippen molar-refractivity contribution in [1.29, 1.82) is 0 Å². The zero-order valence-corrected chi connectivity index (χ0v) is 7.23. The van der Waals surface area contributed by atoms with Gasteiger partial charge in [-0.2, -0.15) is 0 Å². The van der Waals surface area contributed by atoms with Gasteiger partial charge in [0.05, 0.1) is 0 Å². The van der Waals surface area contributed by atoms with Crippen molar-refractivity contribution >= 4 is 6.03 Å². The summed E-state index contributed by atoms with van der Waals surface area (Å²) in [4.78, 5) is 15.4. The lowest BCUT2D eigenvalue weighted by Gasteiger charge is -2.61. The van der Waals surface area contributed by atoms with Gasteiger partial charge in [-0.15, -0.1) is 0 Å². The van der Waals surface area contributed by atoms with Gasteiger partial charge in [-0.25, -0.2) is 9.78 Å². The van der Waals surface area contributed by atoms with Crippen LogP contribution in [0, 0.1) is 5.92 Å². The van der Waals surface area contributed by atoms with Crippen LogP contribution in [0.1, 0.15) is 19.3 Å². The summed E-state index contributed by atoms with van der Waals surface area (Å²) < 4.78 is 1.49. The summed E-state index contributed by atoms with van der Waals surface area (Å²) in [5, 5.41) is 3.05.